The molecule has 11 aromatic rings. The van der Waals surface area contributed by atoms with Crippen LogP contribution in [0.3, 0.4) is 0 Å². The number of rotatable bonds is 7. The quantitative estimate of drug-likeness (QED) is 0.148. The highest BCUT2D eigenvalue weighted by atomic mass is 15.1. The van der Waals surface area contributed by atoms with Crippen molar-refractivity contribution < 1.29 is 0 Å². The van der Waals surface area contributed by atoms with Crippen molar-refractivity contribution in [1.82, 2.24) is 4.57 Å². The Morgan fingerprint density at radius 3 is 1.62 bits per heavy atom. The molecule has 1 aromatic heterocycles. The minimum atomic E-state index is 1.08. The number of benzene rings is 10. The molecule has 0 spiro atoms. The molecule has 0 bridgehead atoms. The molecule has 0 aliphatic rings. The van der Waals surface area contributed by atoms with Gasteiger partial charge in [0.25, 0.3) is 0 Å². The van der Waals surface area contributed by atoms with Gasteiger partial charge in [-0.05, 0) is 97.9 Å². The third-order valence-corrected chi connectivity index (χ3v) is 11.6. The van der Waals surface area contributed by atoms with Gasteiger partial charge in [0.05, 0.1) is 16.7 Å². The summed E-state index contributed by atoms with van der Waals surface area (Å²) in [6.45, 7) is 0. The van der Waals surface area contributed by atoms with Gasteiger partial charge in [-0.25, -0.2) is 0 Å². The van der Waals surface area contributed by atoms with Gasteiger partial charge in [0.1, 0.15) is 0 Å². The highest BCUT2D eigenvalue weighted by molar-refractivity contribution is 6.12. The summed E-state index contributed by atoms with van der Waals surface area (Å²) in [6.07, 6.45) is 0. The van der Waals surface area contributed by atoms with Gasteiger partial charge in [-0.2, -0.15) is 0 Å². The van der Waals surface area contributed by atoms with E-state index in [0.717, 1.165) is 28.3 Å². The summed E-state index contributed by atoms with van der Waals surface area (Å²) in [4.78, 5) is 2.48. The lowest BCUT2D eigenvalue weighted by Crippen LogP contribution is -2.12. The molecule has 0 saturated heterocycles. The molecular weight excluding hydrogens is 701 g/mol. The fraction of sp³-hybridized carbons (Fsp3) is 0. The summed E-state index contributed by atoms with van der Waals surface area (Å²) in [5, 5.41) is 7.41. The first-order chi connectivity index (χ1) is 28.8. The third-order valence-electron chi connectivity index (χ3n) is 11.6. The van der Waals surface area contributed by atoms with Gasteiger partial charge in [0.15, 0.2) is 0 Å². The molecule has 0 unspecified atom stereocenters. The Labute approximate surface area is 338 Å². The van der Waals surface area contributed by atoms with Crippen LogP contribution in [0, 0.1) is 0 Å². The predicted molar refractivity (Wildman–Crippen MR) is 247 cm³/mol. The molecule has 0 N–H and O–H groups in total. The smallest absolute Gasteiger partial charge is 0.0561 e. The Hall–Kier alpha value is -7.68. The first-order valence-corrected chi connectivity index (χ1v) is 19.9. The number of nitrogens with zero attached hydrogens (tertiary/aromatic N) is 2. The second kappa shape index (κ2) is 14.1. The second-order valence-electron chi connectivity index (χ2n) is 14.9. The zero-order valence-electron chi connectivity index (χ0n) is 31.8. The second-order valence-corrected chi connectivity index (χ2v) is 14.9. The van der Waals surface area contributed by atoms with Gasteiger partial charge in [-0.3, -0.25) is 0 Å². The van der Waals surface area contributed by atoms with Crippen LogP contribution in [-0.4, -0.2) is 4.57 Å². The van der Waals surface area contributed by atoms with E-state index in [-0.39, 0.29) is 0 Å². The molecule has 11 rings (SSSR count). The Morgan fingerprint density at radius 1 is 0.310 bits per heavy atom. The van der Waals surface area contributed by atoms with Gasteiger partial charge in [0.2, 0.25) is 0 Å². The van der Waals surface area contributed by atoms with Crippen molar-refractivity contribution in [3.05, 3.63) is 231 Å². The van der Waals surface area contributed by atoms with E-state index in [1.165, 1.54) is 71.2 Å². The molecule has 10 aromatic carbocycles. The van der Waals surface area contributed by atoms with Gasteiger partial charge in [0, 0.05) is 33.4 Å². The maximum Gasteiger partial charge on any atom is 0.0561 e. The van der Waals surface area contributed by atoms with Crippen LogP contribution in [0.5, 0.6) is 0 Å². The molecule has 0 fully saturated rings. The fourth-order valence-electron chi connectivity index (χ4n) is 8.96. The van der Waals surface area contributed by atoms with Crippen molar-refractivity contribution in [2.24, 2.45) is 0 Å². The zero-order chi connectivity index (χ0) is 38.4. The van der Waals surface area contributed by atoms with Crippen LogP contribution in [-0.2, 0) is 0 Å². The lowest BCUT2D eigenvalue weighted by Gasteiger charge is -2.30. The molecule has 0 aliphatic carbocycles. The molecule has 0 radical (unpaired) electrons. The van der Waals surface area contributed by atoms with Crippen LogP contribution in [0.4, 0.5) is 17.1 Å². The maximum absolute atomic E-state index is 2.48. The summed E-state index contributed by atoms with van der Waals surface area (Å²) < 4.78 is 2.41. The number of hydrogen-bond donors (Lipinski definition) is 0. The minimum absolute atomic E-state index is 1.08. The fourth-order valence-corrected chi connectivity index (χ4v) is 8.96. The van der Waals surface area contributed by atoms with E-state index in [4.69, 9.17) is 0 Å². The van der Waals surface area contributed by atoms with Crippen molar-refractivity contribution in [3.63, 3.8) is 0 Å². The standard InChI is InChI=1S/C56H38N2/c1-4-17-39(18-5-1)47-25-12-13-27-52(47)56-49(40-19-6-2-7-20-40)28-16-30-54(56)57(44-33-35-48-42(37-44)32-31-41-21-10-11-24-46(41)48)45-34-36-51-50-26-14-15-29-53(50)58(55(51)38-45)43-22-8-3-9-23-43/h1-38H. The number of fused-ring (bicyclic) bond motifs is 6. The topological polar surface area (TPSA) is 8.17 Å². The van der Waals surface area contributed by atoms with E-state index in [2.05, 4.69) is 240 Å². The summed E-state index contributed by atoms with van der Waals surface area (Å²) >= 11 is 0. The van der Waals surface area contributed by atoms with Crippen LogP contribution in [0.25, 0.3) is 82.4 Å². The Balaban J connectivity index is 1.24. The van der Waals surface area contributed by atoms with Gasteiger partial charge >= 0.3 is 0 Å². The monoisotopic (exact) mass is 738 g/mol. The molecule has 0 aliphatic heterocycles. The zero-order valence-corrected chi connectivity index (χ0v) is 31.8. The van der Waals surface area contributed by atoms with Crippen LogP contribution >= 0.6 is 0 Å². The largest absolute Gasteiger partial charge is 0.310 e. The van der Waals surface area contributed by atoms with Crippen molar-refractivity contribution in [3.8, 4) is 39.1 Å². The molecular formula is C56H38N2. The van der Waals surface area contributed by atoms with Crippen molar-refractivity contribution in [2.45, 2.75) is 0 Å². The normalized spacial score (nSPS) is 11.4. The predicted octanol–water partition coefficient (Wildman–Crippen LogP) is 15.6. The van der Waals surface area contributed by atoms with Gasteiger partial charge in [-0.15, -0.1) is 0 Å². The van der Waals surface area contributed by atoms with E-state index < -0.39 is 0 Å². The maximum atomic E-state index is 2.48. The highest BCUT2D eigenvalue weighted by Crippen LogP contribution is 2.49. The van der Waals surface area contributed by atoms with E-state index in [9.17, 15) is 0 Å². The Bertz CT molecular complexity index is 3270. The average molecular weight is 739 g/mol. The molecule has 2 heteroatoms. The third kappa shape index (κ3) is 5.66. The summed E-state index contributed by atoms with van der Waals surface area (Å²) in [5.41, 5.74) is 13.8. The summed E-state index contributed by atoms with van der Waals surface area (Å²) in [7, 11) is 0. The first-order valence-electron chi connectivity index (χ1n) is 19.9. The first kappa shape index (κ1) is 33.6. The minimum Gasteiger partial charge on any atom is -0.310 e. The molecule has 0 saturated carbocycles. The van der Waals surface area contributed by atoms with Crippen molar-refractivity contribution in [2.75, 3.05) is 4.90 Å². The SMILES string of the molecule is c1ccc(-c2ccccc2-c2c(-c3ccccc3)cccc2N(c2ccc3c(ccc4ccccc43)c2)c2ccc3c4ccccc4n(-c4ccccc4)c3c2)cc1. The van der Waals surface area contributed by atoms with Crippen LogP contribution < -0.4 is 4.90 Å². The number of para-hydroxylation sites is 2. The molecule has 58 heavy (non-hydrogen) atoms. The summed E-state index contributed by atoms with van der Waals surface area (Å²) in [6, 6.07) is 83.9. The Kier molecular flexibility index (Phi) is 8.19. The molecule has 272 valence electrons. The average Bonchev–Trinajstić information content (AvgIpc) is 3.63. The van der Waals surface area contributed by atoms with Gasteiger partial charge < -0.3 is 9.47 Å². The number of aromatic nitrogens is 1. The van der Waals surface area contributed by atoms with Crippen LogP contribution in [0.15, 0.2) is 231 Å². The number of hydrogen-bond acceptors (Lipinski definition) is 1. The van der Waals surface area contributed by atoms with E-state index in [1.807, 2.05) is 0 Å². The molecule has 0 amide bonds. The van der Waals surface area contributed by atoms with Crippen LogP contribution in [0.2, 0.25) is 0 Å². The van der Waals surface area contributed by atoms with E-state index in [0.29, 0.717) is 0 Å². The van der Waals surface area contributed by atoms with Crippen LogP contribution in [0.1, 0.15) is 0 Å². The van der Waals surface area contributed by atoms with Crippen molar-refractivity contribution >= 4 is 60.4 Å². The lowest BCUT2D eigenvalue weighted by atomic mass is 9.87. The van der Waals surface area contributed by atoms with Crippen molar-refractivity contribution in [1.29, 1.82) is 0 Å². The van der Waals surface area contributed by atoms with Gasteiger partial charge in [-0.1, -0.05) is 182 Å². The van der Waals surface area contributed by atoms with E-state index >= 15 is 0 Å². The number of anilines is 3. The molecule has 0 atom stereocenters. The molecule has 2 nitrogen and oxygen atoms in total. The lowest BCUT2D eigenvalue weighted by molar-refractivity contribution is 1.18. The summed E-state index contributed by atoms with van der Waals surface area (Å²) in [5.74, 6) is 0. The highest BCUT2D eigenvalue weighted by Gasteiger charge is 2.24. The molecule has 1 heterocycles. The Morgan fingerprint density at radius 2 is 0.845 bits per heavy atom. The van der Waals surface area contributed by atoms with E-state index in [1.54, 1.807) is 0 Å².